The molecule has 36 heavy (non-hydrogen) atoms. The highest BCUT2D eigenvalue weighted by Crippen LogP contribution is 2.46. The van der Waals surface area contributed by atoms with Crippen LogP contribution in [0.2, 0.25) is 0 Å². The van der Waals surface area contributed by atoms with Crippen LogP contribution in [0.1, 0.15) is 17.0 Å². The summed E-state index contributed by atoms with van der Waals surface area (Å²) in [5, 5.41) is 10.7. The van der Waals surface area contributed by atoms with E-state index >= 15 is 0 Å². The highest BCUT2D eigenvalue weighted by molar-refractivity contribution is 7.19. The van der Waals surface area contributed by atoms with Gasteiger partial charge in [0.1, 0.15) is 10.6 Å². The predicted molar refractivity (Wildman–Crippen MR) is 140 cm³/mol. The third kappa shape index (κ3) is 4.40. The van der Waals surface area contributed by atoms with Crippen molar-refractivity contribution >= 4 is 44.6 Å². The standard InChI is InChI=1S/C26H26N6O3S/c1-16-19(7-8-22(30-16)35-18-5-3-2-4-6-18)32-20-10-12-28-25-23(20)24(31-26(32)33)21(36-25)14-34-15-29-17-9-11-27-13-17/h2-8,10,12,17,27,29H,9,11,13-15H2,1H3,(H,31,33)/t17-/m1/s1. The van der Waals surface area contributed by atoms with Crippen LogP contribution in [0.4, 0.5) is 21.9 Å². The number of aryl methyl sites for hydroxylation is 1. The number of anilines is 3. The number of urea groups is 1. The Morgan fingerprint density at radius 2 is 2.06 bits per heavy atom. The van der Waals surface area contributed by atoms with E-state index in [4.69, 9.17) is 9.47 Å². The molecule has 6 rings (SSSR count). The molecule has 4 aromatic rings. The van der Waals surface area contributed by atoms with E-state index in [1.54, 1.807) is 17.2 Å². The van der Waals surface area contributed by atoms with Crippen molar-refractivity contribution < 1.29 is 14.3 Å². The number of nitrogens with one attached hydrogen (secondary N) is 3. The number of pyridine rings is 2. The summed E-state index contributed by atoms with van der Waals surface area (Å²) in [5.74, 6) is 1.17. The van der Waals surface area contributed by atoms with Crippen LogP contribution in [-0.4, -0.2) is 41.9 Å². The van der Waals surface area contributed by atoms with Crippen LogP contribution in [0.5, 0.6) is 11.6 Å². The number of aromatic nitrogens is 2. The monoisotopic (exact) mass is 502 g/mol. The first kappa shape index (κ1) is 22.9. The zero-order valence-corrected chi connectivity index (χ0v) is 20.6. The van der Waals surface area contributed by atoms with E-state index in [1.807, 2.05) is 49.4 Å². The molecule has 0 bridgehead atoms. The molecule has 184 valence electrons. The second-order valence-corrected chi connectivity index (χ2v) is 9.82. The number of ether oxygens (including phenoxy) is 2. The van der Waals surface area contributed by atoms with E-state index in [2.05, 4.69) is 25.9 Å². The van der Waals surface area contributed by atoms with Crippen molar-refractivity contribution in [3.05, 3.63) is 65.3 Å². The molecule has 0 radical (unpaired) electrons. The van der Waals surface area contributed by atoms with Gasteiger partial charge in [-0.1, -0.05) is 18.2 Å². The zero-order chi connectivity index (χ0) is 24.5. The molecule has 1 saturated heterocycles. The number of hydrogen-bond donors (Lipinski definition) is 3. The fourth-order valence-corrected chi connectivity index (χ4v) is 5.62. The number of benzene rings is 1. The highest BCUT2D eigenvalue weighted by Gasteiger charge is 2.32. The van der Waals surface area contributed by atoms with Crippen molar-refractivity contribution in [3.8, 4) is 11.6 Å². The van der Waals surface area contributed by atoms with Crippen LogP contribution in [0, 0.1) is 6.92 Å². The molecular weight excluding hydrogens is 476 g/mol. The summed E-state index contributed by atoms with van der Waals surface area (Å²) >= 11 is 1.54. The van der Waals surface area contributed by atoms with Crippen molar-refractivity contribution in [2.45, 2.75) is 26.0 Å². The van der Waals surface area contributed by atoms with E-state index in [1.165, 1.54) is 11.3 Å². The lowest BCUT2D eigenvalue weighted by Gasteiger charge is -2.29. The number of carbonyl (C=O) groups excluding carboxylic acids is 1. The van der Waals surface area contributed by atoms with Gasteiger partial charge in [-0.2, -0.15) is 0 Å². The summed E-state index contributed by atoms with van der Waals surface area (Å²) < 4.78 is 11.8. The van der Waals surface area contributed by atoms with Crippen LogP contribution in [0.3, 0.4) is 0 Å². The van der Waals surface area contributed by atoms with Crippen molar-refractivity contribution in [3.63, 3.8) is 0 Å². The lowest BCUT2D eigenvalue weighted by atomic mass is 10.1. The number of amides is 2. The second kappa shape index (κ2) is 9.82. The first-order valence-electron chi connectivity index (χ1n) is 11.9. The maximum absolute atomic E-state index is 13.4. The molecule has 3 aromatic heterocycles. The normalized spacial score (nSPS) is 17.0. The summed E-state index contributed by atoms with van der Waals surface area (Å²) in [5.41, 5.74) is 2.91. The summed E-state index contributed by atoms with van der Waals surface area (Å²) in [4.78, 5) is 26.0. The lowest BCUT2D eigenvalue weighted by Crippen LogP contribution is -2.34. The molecule has 1 atom stereocenters. The molecule has 0 spiro atoms. The van der Waals surface area contributed by atoms with Crippen LogP contribution < -0.4 is 25.6 Å². The quantitative estimate of drug-likeness (QED) is 0.233. The van der Waals surface area contributed by atoms with E-state index in [0.717, 1.165) is 46.0 Å². The van der Waals surface area contributed by atoms with E-state index in [-0.39, 0.29) is 6.03 Å². The predicted octanol–water partition coefficient (Wildman–Crippen LogP) is 4.90. The van der Waals surface area contributed by atoms with Crippen LogP contribution in [0.15, 0.2) is 54.7 Å². The van der Waals surface area contributed by atoms with Gasteiger partial charge >= 0.3 is 6.03 Å². The smallest absolute Gasteiger partial charge is 0.331 e. The third-order valence-electron chi connectivity index (χ3n) is 6.33. The first-order chi connectivity index (χ1) is 17.7. The number of nitrogens with zero attached hydrogens (tertiary/aromatic N) is 3. The van der Waals surface area contributed by atoms with Gasteiger partial charge < -0.3 is 20.1 Å². The van der Waals surface area contributed by atoms with Crippen molar-refractivity contribution in [1.82, 2.24) is 20.6 Å². The fourth-order valence-electron chi connectivity index (χ4n) is 4.57. The molecule has 3 N–H and O–H groups in total. The summed E-state index contributed by atoms with van der Waals surface area (Å²) in [6.45, 7) is 4.73. The topological polar surface area (TPSA) is 101 Å². The molecule has 0 aliphatic carbocycles. The molecule has 1 fully saturated rings. The van der Waals surface area contributed by atoms with Gasteiger partial charge in [-0.25, -0.2) is 14.8 Å². The Bertz CT molecular complexity index is 1400. The highest BCUT2D eigenvalue weighted by atomic mass is 32.1. The SMILES string of the molecule is Cc1nc(Oc2ccccc2)ccc1N1C(=O)Nc2c(COCN[C@@H]3CCNC3)sc3nccc1c23. The molecule has 2 aliphatic rings. The van der Waals surface area contributed by atoms with Crippen molar-refractivity contribution in [1.29, 1.82) is 0 Å². The minimum absolute atomic E-state index is 0.244. The van der Waals surface area contributed by atoms with Gasteiger partial charge in [-0.05, 0) is 44.2 Å². The minimum Gasteiger partial charge on any atom is -0.439 e. The maximum atomic E-state index is 13.4. The van der Waals surface area contributed by atoms with E-state index in [0.29, 0.717) is 42.4 Å². The second-order valence-electron chi connectivity index (χ2n) is 8.73. The Kier molecular flexibility index (Phi) is 6.24. The Balaban J connectivity index is 1.25. The lowest BCUT2D eigenvalue weighted by molar-refractivity contribution is 0.0990. The Labute approximate surface area is 212 Å². The van der Waals surface area contributed by atoms with Crippen LogP contribution >= 0.6 is 11.3 Å². The van der Waals surface area contributed by atoms with Gasteiger partial charge in [0, 0.05) is 24.8 Å². The zero-order valence-electron chi connectivity index (χ0n) is 19.8. The molecule has 2 aliphatic heterocycles. The van der Waals surface area contributed by atoms with Crippen LogP contribution in [-0.2, 0) is 11.3 Å². The van der Waals surface area contributed by atoms with Gasteiger partial charge in [-0.3, -0.25) is 10.2 Å². The van der Waals surface area contributed by atoms with E-state index < -0.39 is 0 Å². The van der Waals surface area contributed by atoms with Gasteiger partial charge in [0.2, 0.25) is 5.88 Å². The van der Waals surface area contributed by atoms with Gasteiger partial charge in [0.25, 0.3) is 0 Å². The molecule has 2 amide bonds. The molecule has 1 aromatic carbocycles. The Morgan fingerprint density at radius 1 is 1.17 bits per heavy atom. The van der Waals surface area contributed by atoms with Crippen molar-refractivity contribution in [2.75, 3.05) is 30.0 Å². The molecule has 0 saturated carbocycles. The number of carbonyl (C=O) groups is 1. The molecule has 10 heteroatoms. The molecule has 5 heterocycles. The van der Waals surface area contributed by atoms with Gasteiger partial charge in [0.05, 0.1) is 46.4 Å². The molecule has 9 nitrogen and oxygen atoms in total. The van der Waals surface area contributed by atoms with Gasteiger partial charge in [-0.15, -0.1) is 11.3 Å². The summed E-state index contributed by atoms with van der Waals surface area (Å²) in [7, 11) is 0. The summed E-state index contributed by atoms with van der Waals surface area (Å²) in [6, 6.07) is 15.2. The first-order valence-corrected chi connectivity index (χ1v) is 12.7. The number of rotatable bonds is 8. The third-order valence-corrected chi connectivity index (χ3v) is 7.40. The Morgan fingerprint density at radius 3 is 2.86 bits per heavy atom. The Hall–Kier alpha value is -3.57. The molecule has 0 unspecified atom stereocenters. The van der Waals surface area contributed by atoms with Crippen LogP contribution in [0.25, 0.3) is 10.2 Å². The largest absolute Gasteiger partial charge is 0.439 e. The average molecular weight is 503 g/mol. The maximum Gasteiger partial charge on any atom is 0.331 e. The minimum atomic E-state index is -0.244. The number of hydrogen-bond acceptors (Lipinski definition) is 8. The van der Waals surface area contributed by atoms with Crippen molar-refractivity contribution in [2.24, 2.45) is 0 Å². The number of thiophene rings is 1. The average Bonchev–Trinajstić information content (AvgIpc) is 3.52. The molecular formula is C26H26N6O3S. The summed E-state index contributed by atoms with van der Waals surface area (Å²) in [6.07, 6.45) is 2.84. The van der Waals surface area contributed by atoms with Gasteiger partial charge in [0.15, 0.2) is 0 Å². The number of para-hydroxylation sites is 1. The van der Waals surface area contributed by atoms with E-state index in [9.17, 15) is 4.79 Å². The fraction of sp³-hybridized carbons (Fsp3) is 0.269.